The van der Waals surface area contributed by atoms with Gasteiger partial charge >= 0.3 is 0 Å². The van der Waals surface area contributed by atoms with E-state index in [1.165, 1.54) is 11.8 Å². The van der Waals surface area contributed by atoms with Crippen LogP contribution in [-0.2, 0) is 13.1 Å². The summed E-state index contributed by atoms with van der Waals surface area (Å²) < 4.78 is 7.05. The Labute approximate surface area is 141 Å². The first-order chi connectivity index (χ1) is 11.6. The van der Waals surface area contributed by atoms with E-state index < -0.39 is 0 Å². The van der Waals surface area contributed by atoms with E-state index in [4.69, 9.17) is 9.52 Å². The van der Waals surface area contributed by atoms with Gasteiger partial charge in [0.05, 0.1) is 25.1 Å². The summed E-state index contributed by atoms with van der Waals surface area (Å²) in [6.45, 7) is 8.55. The normalized spacial score (nSPS) is 15.9. The molecular weight excluding hydrogens is 308 g/mol. The fourth-order valence-electron chi connectivity index (χ4n) is 3.16. The Bertz CT molecular complexity index is 685. The van der Waals surface area contributed by atoms with Gasteiger partial charge in [0.1, 0.15) is 0 Å². The second kappa shape index (κ2) is 7.19. The fraction of sp³-hybridized carbons (Fsp3) is 0.529. The molecule has 0 unspecified atom stereocenters. The van der Waals surface area contributed by atoms with Crippen LogP contribution in [0.25, 0.3) is 0 Å². The summed E-state index contributed by atoms with van der Waals surface area (Å²) >= 11 is 0. The number of furan rings is 1. The summed E-state index contributed by atoms with van der Waals surface area (Å²) in [6.07, 6.45) is 1.53. The Hall–Kier alpha value is -2.12. The minimum Gasteiger partial charge on any atom is -0.459 e. The van der Waals surface area contributed by atoms with Gasteiger partial charge < -0.3 is 14.4 Å². The SMILES string of the molecule is Cc1nn(CCO)c(C)c1CN1CCN(C(=O)c2ccco2)CC1. The van der Waals surface area contributed by atoms with Gasteiger partial charge in [0.25, 0.3) is 5.91 Å². The van der Waals surface area contributed by atoms with E-state index in [1.807, 2.05) is 23.4 Å². The second-order valence-corrected chi connectivity index (χ2v) is 6.14. The highest BCUT2D eigenvalue weighted by atomic mass is 16.3. The summed E-state index contributed by atoms with van der Waals surface area (Å²) in [5.41, 5.74) is 3.33. The Kier molecular flexibility index (Phi) is 5.01. The molecule has 3 rings (SSSR count). The lowest BCUT2D eigenvalue weighted by Gasteiger charge is -2.34. The van der Waals surface area contributed by atoms with E-state index in [0.717, 1.165) is 31.0 Å². The Balaban J connectivity index is 1.59. The first kappa shape index (κ1) is 16.7. The number of carbonyl (C=O) groups excluding carboxylic acids is 1. The maximum Gasteiger partial charge on any atom is 0.289 e. The molecule has 2 aromatic heterocycles. The van der Waals surface area contributed by atoms with Gasteiger partial charge in [-0.15, -0.1) is 0 Å². The third kappa shape index (κ3) is 3.37. The van der Waals surface area contributed by atoms with Crippen molar-refractivity contribution in [3.63, 3.8) is 0 Å². The van der Waals surface area contributed by atoms with Crippen LogP contribution < -0.4 is 0 Å². The molecule has 0 atom stereocenters. The second-order valence-electron chi connectivity index (χ2n) is 6.14. The Morgan fingerprint density at radius 1 is 1.29 bits per heavy atom. The average molecular weight is 332 g/mol. The van der Waals surface area contributed by atoms with E-state index in [9.17, 15) is 4.79 Å². The lowest BCUT2D eigenvalue weighted by atomic mass is 10.1. The zero-order valence-electron chi connectivity index (χ0n) is 14.2. The van der Waals surface area contributed by atoms with Crippen LogP contribution in [0, 0.1) is 13.8 Å². The highest BCUT2D eigenvalue weighted by molar-refractivity contribution is 5.91. The first-order valence-electron chi connectivity index (χ1n) is 8.29. The van der Waals surface area contributed by atoms with Crippen molar-refractivity contribution in [2.75, 3.05) is 32.8 Å². The van der Waals surface area contributed by atoms with Crippen LogP contribution in [0.2, 0.25) is 0 Å². The lowest BCUT2D eigenvalue weighted by Crippen LogP contribution is -2.48. The van der Waals surface area contributed by atoms with Gasteiger partial charge in [0.2, 0.25) is 0 Å². The molecule has 3 heterocycles. The largest absolute Gasteiger partial charge is 0.459 e. The van der Waals surface area contributed by atoms with Crippen molar-refractivity contribution in [2.45, 2.75) is 26.9 Å². The van der Waals surface area contributed by atoms with Gasteiger partial charge in [0.15, 0.2) is 5.76 Å². The summed E-state index contributed by atoms with van der Waals surface area (Å²) in [7, 11) is 0. The molecule has 7 nitrogen and oxygen atoms in total. The van der Waals surface area contributed by atoms with Crippen molar-refractivity contribution >= 4 is 5.91 Å². The van der Waals surface area contributed by atoms with E-state index in [2.05, 4.69) is 10.00 Å². The monoisotopic (exact) mass is 332 g/mol. The minimum absolute atomic E-state index is 0.0391. The molecule has 1 aliphatic rings. The van der Waals surface area contributed by atoms with Crippen LogP contribution in [-0.4, -0.2) is 63.4 Å². The van der Waals surface area contributed by atoms with Crippen LogP contribution in [0.4, 0.5) is 0 Å². The highest BCUT2D eigenvalue weighted by Gasteiger charge is 2.24. The summed E-state index contributed by atoms with van der Waals surface area (Å²) in [6, 6.07) is 3.44. The van der Waals surface area contributed by atoms with Gasteiger partial charge in [-0.3, -0.25) is 14.4 Å². The maximum absolute atomic E-state index is 12.3. The van der Waals surface area contributed by atoms with Crippen molar-refractivity contribution in [1.29, 1.82) is 0 Å². The molecule has 1 fully saturated rings. The summed E-state index contributed by atoms with van der Waals surface area (Å²) in [5, 5.41) is 13.6. The van der Waals surface area contributed by atoms with Crippen LogP contribution in [0.5, 0.6) is 0 Å². The molecule has 1 saturated heterocycles. The molecule has 0 spiro atoms. The molecule has 24 heavy (non-hydrogen) atoms. The molecular formula is C17H24N4O3. The third-order valence-electron chi connectivity index (χ3n) is 4.62. The summed E-state index contributed by atoms with van der Waals surface area (Å²) in [5.74, 6) is 0.364. The predicted octanol–water partition coefficient (Wildman–Crippen LogP) is 1.04. The molecule has 7 heteroatoms. The molecule has 0 saturated carbocycles. The van der Waals surface area contributed by atoms with E-state index in [-0.39, 0.29) is 12.5 Å². The predicted molar refractivity (Wildman–Crippen MR) is 88.7 cm³/mol. The molecule has 0 aromatic carbocycles. The molecule has 0 bridgehead atoms. The van der Waals surface area contributed by atoms with Crippen molar-refractivity contribution in [3.8, 4) is 0 Å². The third-order valence-corrected chi connectivity index (χ3v) is 4.62. The van der Waals surface area contributed by atoms with Crippen LogP contribution in [0.3, 0.4) is 0 Å². The zero-order valence-corrected chi connectivity index (χ0v) is 14.2. The Morgan fingerprint density at radius 2 is 2.04 bits per heavy atom. The molecule has 130 valence electrons. The van der Waals surface area contributed by atoms with Crippen molar-refractivity contribution in [3.05, 3.63) is 41.1 Å². The summed E-state index contributed by atoms with van der Waals surface area (Å²) in [4.78, 5) is 16.5. The van der Waals surface area contributed by atoms with Gasteiger partial charge in [-0.2, -0.15) is 5.10 Å². The number of aromatic nitrogens is 2. The number of rotatable bonds is 5. The maximum atomic E-state index is 12.3. The smallest absolute Gasteiger partial charge is 0.289 e. The number of hydrogen-bond donors (Lipinski definition) is 1. The zero-order chi connectivity index (χ0) is 17.1. The van der Waals surface area contributed by atoms with E-state index in [1.54, 1.807) is 12.1 Å². The fourth-order valence-corrected chi connectivity index (χ4v) is 3.16. The van der Waals surface area contributed by atoms with E-state index in [0.29, 0.717) is 25.4 Å². The number of aliphatic hydroxyl groups excluding tert-OH is 1. The number of amides is 1. The molecule has 1 aliphatic heterocycles. The lowest BCUT2D eigenvalue weighted by molar-refractivity contribution is 0.0597. The van der Waals surface area contributed by atoms with Gasteiger partial charge in [-0.1, -0.05) is 0 Å². The van der Waals surface area contributed by atoms with Gasteiger partial charge in [-0.25, -0.2) is 0 Å². The van der Waals surface area contributed by atoms with Crippen LogP contribution >= 0.6 is 0 Å². The quantitative estimate of drug-likeness (QED) is 0.886. The van der Waals surface area contributed by atoms with E-state index >= 15 is 0 Å². The number of carbonyl (C=O) groups is 1. The molecule has 0 radical (unpaired) electrons. The van der Waals surface area contributed by atoms with Gasteiger partial charge in [-0.05, 0) is 26.0 Å². The van der Waals surface area contributed by atoms with Crippen molar-refractivity contribution in [2.24, 2.45) is 0 Å². The molecule has 0 aliphatic carbocycles. The minimum atomic E-state index is -0.0391. The van der Waals surface area contributed by atoms with Crippen molar-refractivity contribution in [1.82, 2.24) is 19.6 Å². The topological polar surface area (TPSA) is 74.7 Å². The number of hydrogen-bond acceptors (Lipinski definition) is 5. The first-order valence-corrected chi connectivity index (χ1v) is 8.29. The number of aryl methyl sites for hydroxylation is 1. The number of piperazine rings is 1. The van der Waals surface area contributed by atoms with Crippen LogP contribution in [0.1, 0.15) is 27.5 Å². The molecule has 1 amide bonds. The number of aliphatic hydroxyl groups is 1. The highest BCUT2D eigenvalue weighted by Crippen LogP contribution is 2.17. The van der Waals surface area contributed by atoms with Gasteiger partial charge in [0, 0.05) is 44.0 Å². The standard InChI is InChI=1S/C17H24N4O3/c1-13-15(14(2)21(18-13)9-10-22)12-19-5-7-20(8-6-19)17(23)16-4-3-11-24-16/h3-4,11,22H,5-10,12H2,1-2H3. The molecule has 1 N–H and O–H groups in total. The Morgan fingerprint density at radius 3 is 2.67 bits per heavy atom. The van der Waals surface area contributed by atoms with Crippen molar-refractivity contribution < 1.29 is 14.3 Å². The molecule has 2 aromatic rings. The number of nitrogens with zero attached hydrogens (tertiary/aromatic N) is 4. The average Bonchev–Trinajstić information content (AvgIpc) is 3.20. The van der Waals surface area contributed by atoms with Crippen LogP contribution in [0.15, 0.2) is 22.8 Å².